The first-order valence-electron chi connectivity index (χ1n) is 5.83. The molecule has 5 heteroatoms. The highest BCUT2D eigenvalue weighted by Crippen LogP contribution is 2.26. The molecule has 2 unspecified atom stereocenters. The van der Waals surface area contributed by atoms with Crippen LogP contribution >= 0.6 is 11.3 Å². The highest BCUT2D eigenvalue weighted by molar-refractivity contribution is 7.91. The molecule has 1 heterocycles. The standard InChI is InChI=1S/C12H21NO2S2/c1-5-6-13-12(10(3)17(4,14)15)11-7-9(2)16-8-11/h7-8,10,12-13H,5-6H2,1-4H3. The molecule has 0 aliphatic rings. The van der Waals surface area contributed by atoms with Gasteiger partial charge >= 0.3 is 0 Å². The van der Waals surface area contributed by atoms with E-state index in [1.54, 1.807) is 18.3 Å². The van der Waals surface area contributed by atoms with Gasteiger partial charge in [0, 0.05) is 17.2 Å². The number of rotatable bonds is 6. The third kappa shape index (κ3) is 4.08. The second-order valence-electron chi connectivity index (χ2n) is 4.46. The highest BCUT2D eigenvalue weighted by atomic mass is 32.2. The van der Waals surface area contributed by atoms with Gasteiger partial charge in [-0.1, -0.05) is 6.92 Å². The molecule has 17 heavy (non-hydrogen) atoms. The molecule has 1 N–H and O–H groups in total. The Labute approximate surface area is 108 Å². The zero-order valence-corrected chi connectivity index (χ0v) is 12.5. The number of sulfone groups is 1. The lowest BCUT2D eigenvalue weighted by atomic mass is 10.1. The van der Waals surface area contributed by atoms with Crippen molar-refractivity contribution in [3.63, 3.8) is 0 Å². The molecule has 2 atom stereocenters. The number of thiophene rings is 1. The van der Waals surface area contributed by atoms with Crippen molar-refractivity contribution in [3.8, 4) is 0 Å². The van der Waals surface area contributed by atoms with Crippen molar-refractivity contribution in [1.82, 2.24) is 5.32 Å². The topological polar surface area (TPSA) is 46.2 Å². The molecular weight excluding hydrogens is 254 g/mol. The third-order valence-electron chi connectivity index (χ3n) is 2.87. The molecule has 0 radical (unpaired) electrons. The van der Waals surface area contributed by atoms with Crippen LogP contribution in [0, 0.1) is 6.92 Å². The molecule has 98 valence electrons. The van der Waals surface area contributed by atoms with E-state index in [-0.39, 0.29) is 6.04 Å². The zero-order valence-electron chi connectivity index (χ0n) is 10.9. The lowest BCUT2D eigenvalue weighted by Gasteiger charge is -2.23. The largest absolute Gasteiger partial charge is 0.309 e. The first kappa shape index (κ1) is 14.7. The van der Waals surface area contributed by atoms with E-state index in [2.05, 4.69) is 18.3 Å². The van der Waals surface area contributed by atoms with Gasteiger partial charge in [0.1, 0.15) is 0 Å². The molecule has 0 spiro atoms. The van der Waals surface area contributed by atoms with Crippen LogP contribution in [0.2, 0.25) is 0 Å². The molecule has 1 aromatic heterocycles. The van der Waals surface area contributed by atoms with Crippen LogP contribution in [-0.4, -0.2) is 26.5 Å². The Hall–Kier alpha value is -0.390. The Morgan fingerprint density at radius 1 is 1.47 bits per heavy atom. The maximum absolute atomic E-state index is 11.7. The average molecular weight is 275 g/mol. The number of nitrogens with one attached hydrogen (secondary N) is 1. The molecule has 0 aliphatic carbocycles. The lowest BCUT2D eigenvalue weighted by Crippen LogP contribution is -2.35. The Morgan fingerprint density at radius 3 is 2.53 bits per heavy atom. The molecule has 0 saturated carbocycles. The van der Waals surface area contributed by atoms with E-state index in [9.17, 15) is 8.42 Å². The summed E-state index contributed by atoms with van der Waals surface area (Å²) in [5.41, 5.74) is 1.08. The smallest absolute Gasteiger partial charge is 0.151 e. The van der Waals surface area contributed by atoms with Crippen LogP contribution in [-0.2, 0) is 9.84 Å². The van der Waals surface area contributed by atoms with E-state index in [0.717, 1.165) is 18.5 Å². The Morgan fingerprint density at radius 2 is 2.12 bits per heavy atom. The third-order valence-corrected chi connectivity index (χ3v) is 5.37. The summed E-state index contributed by atoms with van der Waals surface area (Å²) in [4.78, 5) is 1.21. The normalized spacial score (nSPS) is 15.8. The number of hydrogen-bond acceptors (Lipinski definition) is 4. The summed E-state index contributed by atoms with van der Waals surface area (Å²) in [5, 5.41) is 4.98. The Balaban J connectivity index is 2.95. The van der Waals surface area contributed by atoms with Crippen molar-refractivity contribution < 1.29 is 8.42 Å². The van der Waals surface area contributed by atoms with Crippen LogP contribution in [0.1, 0.15) is 36.8 Å². The fourth-order valence-corrected chi connectivity index (χ4v) is 3.22. The van der Waals surface area contributed by atoms with Crippen molar-refractivity contribution in [2.24, 2.45) is 0 Å². The van der Waals surface area contributed by atoms with Crippen molar-refractivity contribution in [2.45, 2.75) is 38.5 Å². The van der Waals surface area contributed by atoms with E-state index in [1.165, 1.54) is 11.1 Å². The van der Waals surface area contributed by atoms with Crippen molar-refractivity contribution in [1.29, 1.82) is 0 Å². The van der Waals surface area contributed by atoms with Gasteiger partial charge in [-0.05, 0) is 43.8 Å². The van der Waals surface area contributed by atoms with Crippen LogP contribution in [0.5, 0.6) is 0 Å². The van der Waals surface area contributed by atoms with Gasteiger partial charge in [0.25, 0.3) is 0 Å². The first-order chi connectivity index (χ1) is 7.86. The summed E-state index contributed by atoms with van der Waals surface area (Å²) < 4.78 is 23.4. The second-order valence-corrected chi connectivity index (χ2v) is 7.98. The summed E-state index contributed by atoms with van der Waals surface area (Å²) in [6.45, 7) is 6.72. The summed E-state index contributed by atoms with van der Waals surface area (Å²) in [7, 11) is -3.03. The number of hydrogen-bond donors (Lipinski definition) is 1. The fourth-order valence-electron chi connectivity index (χ4n) is 1.73. The van der Waals surface area contributed by atoms with Crippen molar-refractivity contribution in [2.75, 3.05) is 12.8 Å². The molecule has 0 fully saturated rings. The van der Waals surface area contributed by atoms with Crippen LogP contribution in [0.3, 0.4) is 0 Å². The maximum atomic E-state index is 11.7. The molecular formula is C12H21NO2S2. The summed E-state index contributed by atoms with van der Waals surface area (Å²) in [6.07, 6.45) is 2.30. The Kier molecular flexibility index (Phi) is 5.16. The van der Waals surface area contributed by atoms with E-state index in [1.807, 2.05) is 12.3 Å². The molecule has 1 aromatic rings. The SMILES string of the molecule is CCCNC(c1csc(C)c1)C(C)S(C)(=O)=O. The number of aryl methyl sites for hydroxylation is 1. The first-order valence-corrected chi connectivity index (χ1v) is 8.67. The monoisotopic (exact) mass is 275 g/mol. The van der Waals surface area contributed by atoms with Gasteiger partial charge in [-0.15, -0.1) is 11.3 Å². The predicted molar refractivity (Wildman–Crippen MR) is 74.4 cm³/mol. The van der Waals surface area contributed by atoms with E-state index in [4.69, 9.17) is 0 Å². The minimum Gasteiger partial charge on any atom is -0.309 e. The van der Waals surface area contributed by atoms with Gasteiger partial charge in [-0.25, -0.2) is 8.42 Å². The molecule has 3 nitrogen and oxygen atoms in total. The quantitative estimate of drug-likeness (QED) is 0.868. The van der Waals surface area contributed by atoms with Gasteiger partial charge in [0.2, 0.25) is 0 Å². The molecule has 0 aliphatic heterocycles. The summed E-state index contributed by atoms with van der Waals surface area (Å²) >= 11 is 1.66. The van der Waals surface area contributed by atoms with E-state index < -0.39 is 15.1 Å². The molecule has 0 amide bonds. The Bertz CT molecular complexity index is 451. The predicted octanol–water partition coefficient (Wildman–Crippen LogP) is 2.53. The van der Waals surface area contributed by atoms with Gasteiger partial charge in [0.05, 0.1) is 5.25 Å². The molecule has 0 bridgehead atoms. The fraction of sp³-hybridized carbons (Fsp3) is 0.667. The highest BCUT2D eigenvalue weighted by Gasteiger charge is 2.27. The van der Waals surface area contributed by atoms with Gasteiger partial charge < -0.3 is 5.32 Å². The molecule has 1 rings (SSSR count). The van der Waals surface area contributed by atoms with Crippen LogP contribution < -0.4 is 5.32 Å². The minimum atomic E-state index is -3.03. The van der Waals surface area contributed by atoms with Gasteiger partial charge in [0.15, 0.2) is 9.84 Å². The maximum Gasteiger partial charge on any atom is 0.151 e. The van der Waals surface area contributed by atoms with E-state index in [0.29, 0.717) is 0 Å². The van der Waals surface area contributed by atoms with Crippen molar-refractivity contribution in [3.05, 3.63) is 21.9 Å². The minimum absolute atomic E-state index is 0.102. The molecule has 0 saturated heterocycles. The zero-order chi connectivity index (χ0) is 13.1. The lowest BCUT2D eigenvalue weighted by molar-refractivity contribution is 0.501. The van der Waals surface area contributed by atoms with Crippen molar-refractivity contribution >= 4 is 21.2 Å². The van der Waals surface area contributed by atoms with Gasteiger partial charge in [-0.3, -0.25) is 0 Å². The van der Waals surface area contributed by atoms with Crippen LogP contribution in [0.25, 0.3) is 0 Å². The second kappa shape index (κ2) is 5.98. The van der Waals surface area contributed by atoms with Crippen LogP contribution in [0.15, 0.2) is 11.4 Å². The summed E-state index contributed by atoms with van der Waals surface area (Å²) in [5.74, 6) is 0. The summed E-state index contributed by atoms with van der Waals surface area (Å²) in [6, 6.07) is 1.97. The average Bonchev–Trinajstić information content (AvgIpc) is 2.64. The van der Waals surface area contributed by atoms with E-state index >= 15 is 0 Å². The van der Waals surface area contributed by atoms with Crippen LogP contribution in [0.4, 0.5) is 0 Å². The molecule has 0 aromatic carbocycles. The van der Waals surface area contributed by atoms with Gasteiger partial charge in [-0.2, -0.15) is 0 Å².